The molecular formula is C18H16BrNO3. The number of hydrogen-bond donors (Lipinski definition) is 2. The van der Waals surface area contributed by atoms with Gasteiger partial charge in [-0.3, -0.25) is 4.79 Å². The molecule has 1 amide bonds. The van der Waals surface area contributed by atoms with Gasteiger partial charge in [0.05, 0.1) is 6.10 Å². The van der Waals surface area contributed by atoms with Crippen LogP contribution in [0.3, 0.4) is 0 Å². The maximum atomic E-state index is 11.9. The number of carbonyl (C=O) groups is 1. The first-order valence-electron chi connectivity index (χ1n) is 7.34. The van der Waals surface area contributed by atoms with Crippen molar-refractivity contribution in [2.24, 2.45) is 0 Å². The average Bonchev–Trinajstić information content (AvgIpc) is 3.00. The van der Waals surface area contributed by atoms with E-state index in [1.54, 1.807) is 12.1 Å². The number of furan rings is 1. The fourth-order valence-corrected chi connectivity index (χ4v) is 2.85. The van der Waals surface area contributed by atoms with Crippen LogP contribution in [-0.2, 0) is 0 Å². The largest absolute Gasteiger partial charge is 0.444 e. The van der Waals surface area contributed by atoms with Crippen LogP contribution in [0.25, 0.3) is 10.8 Å². The minimum absolute atomic E-state index is 0.247. The SMILES string of the molecule is O=C(NCC[C@H](O)c1cccc2ccccc12)c1ccc(Br)o1. The topological polar surface area (TPSA) is 62.5 Å². The summed E-state index contributed by atoms with van der Waals surface area (Å²) < 4.78 is 5.70. The van der Waals surface area contributed by atoms with Gasteiger partial charge in [0, 0.05) is 6.54 Å². The molecule has 3 rings (SSSR count). The molecule has 1 atom stereocenters. The highest BCUT2D eigenvalue weighted by Gasteiger charge is 2.13. The normalized spacial score (nSPS) is 12.3. The predicted octanol–water partition coefficient (Wildman–Crippen LogP) is 4.05. The molecule has 0 aliphatic rings. The van der Waals surface area contributed by atoms with Gasteiger partial charge in [0.1, 0.15) is 0 Å². The van der Waals surface area contributed by atoms with E-state index in [-0.39, 0.29) is 11.7 Å². The van der Waals surface area contributed by atoms with E-state index in [4.69, 9.17) is 4.42 Å². The molecule has 23 heavy (non-hydrogen) atoms. The summed E-state index contributed by atoms with van der Waals surface area (Å²) in [6, 6.07) is 17.1. The minimum Gasteiger partial charge on any atom is -0.444 e. The van der Waals surface area contributed by atoms with Gasteiger partial charge in [-0.1, -0.05) is 42.5 Å². The van der Waals surface area contributed by atoms with Crippen molar-refractivity contribution in [1.82, 2.24) is 5.32 Å². The van der Waals surface area contributed by atoms with Crippen LogP contribution >= 0.6 is 15.9 Å². The van der Waals surface area contributed by atoms with E-state index in [1.807, 2.05) is 42.5 Å². The number of amides is 1. The van der Waals surface area contributed by atoms with Crippen LogP contribution in [0.2, 0.25) is 0 Å². The van der Waals surface area contributed by atoms with Crippen molar-refractivity contribution >= 4 is 32.6 Å². The molecule has 0 radical (unpaired) electrons. The molecule has 0 saturated carbocycles. The highest BCUT2D eigenvalue weighted by molar-refractivity contribution is 9.10. The van der Waals surface area contributed by atoms with Gasteiger partial charge in [-0.05, 0) is 50.8 Å². The highest BCUT2D eigenvalue weighted by atomic mass is 79.9. The van der Waals surface area contributed by atoms with Crippen LogP contribution in [0.4, 0.5) is 0 Å². The van der Waals surface area contributed by atoms with Crippen molar-refractivity contribution < 1.29 is 14.3 Å². The molecule has 0 aliphatic carbocycles. The third-order valence-electron chi connectivity index (χ3n) is 3.68. The van der Waals surface area contributed by atoms with Gasteiger partial charge >= 0.3 is 0 Å². The van der Waals surface area contributed by atoms with Crippen LogP contribution in [0, 0.1) is 0 Å². The average molecular weight is 374 g/mol. The lowest BCUT2D eigenvalue weighted by molar-refractivity contribution is 0.0914. The summed E-state index contributed by atoms with van der Waals surface area (Å²) in [6.07, 6.45) is -0.202. The van der Waals surface area contributed by atoms with Crippen LogP contribution < -0.4 is 5.32 Å². The second-order valence-corrected chi connectivity index (χ2v) is 6.01. The van der Waals surface area contributed by atoms with Gasteiger partial charge in [0.15, 0.2) is 10.4 Å². The molecule has 0 spiro atoms. The summed E-state index contributed by atoms with van der Waals surface area (Å²) in [5.74, 6) is -0.0441. The first kappa shape index (κ1) is 15.8. The maximum Gasteiger partial charge on any atom is 0.287 e. The van der Waals surface area contributed by atoms with Crippen LogP contribution in [-0.4, -0.2) is 17.6 Å². The number of aliphatic hydroxyl groups is 1. The fourth-order valence-electron chi connectivity index (χ4n) is 2.54. The van der Waals surface area contributed by atoms with Gasteiger partial charge in [-0.2, -0.15) is 0 Å². The van der Waals surface area contributed by atoms with Crippen molar-refractivity contribution in [2.75, 3.05) is 6.54 Å². The number of carbonyl (C=O) groups excluding carboxylic acids is 1. The molecule has 0 saturated heterocycles. The summed E-state index contributed by atoms with van der Waals surface area (Å²) in [7, 11) is 0. The zero-order valence-electron chi connectivity index (χ0n) is 12.3. The number of nitrogens with one attached hydrogen (secondary N) is 1. The summed E-state index contributed by atoms with van der Waals surface area (Å²) in [6.45, 7) is 0.363. The molecule has 0 aliphatic heterocycles. The molecular weight excluding hydrogens is 358 g/mol. The molecule has 0 bridgehead atoms. The molecule has 1 aromatic heterocycles. The van der Waals surface area contributed by atoms with Crippen LogP contribution in [0.5, 0.6) is 0 Å². The van der Waals surface area contributed by atoms with E-state index in [1.165, 1.54) is 0 Å². The summed E-state index contributed by atoms with van der Waals surface area (Å²) in [5.41, 5.74) is 0.873. The lowest BCUT2D eigenvalue weighted by Crippen LogP contribution is -2.25. The van der Waals surface area contributed by atoms with E-state index in [0.29, 0.717) is 17.6 Å². The van der Waals surface area contributed by atoms with E-state index in [9.17, 15) is 9.90 Å². The summed E-state index contributed by atoms with van der Waals surface area (Å²) in [4.78, 5) is 11.9. The second kappa shape index (κ2) is 6.98. The van der Waals surface area contributed by atoms with Gasteiger partial charge in [-0.25, -0.2) is 0 Å². The predicted molar refractivity (Wildman–Crippen MR) is 92.3 cm³/mol. The second-order valence-electron chi connectivity index (χ2n) is 5.23. The molecule has 2 aromatic carbocycles. The van der Waals surface area contributed by atoms with Gasteiger partial charge in [-0.15, -0.1) is 0 Å². The number of halogens is 1. The Morgan fingerprint density at radius 1 is 1.13 bits per heavy atom. The Morgan fingerprint density at radius 2 is 1.91 bits per heavy atom. The Labute approximate surface area is 142 Å². The van der Waals surface area contributed by atoms with Crippen molar-refractivity contribution in [1.29, 1.82) is 0 Å². The smallest absolute Gasteiger partial charge is 0.287 e. The summed E-state index contributed by atoms with van der Waals surface area (Å²) >= 11 is 3.16. The first-order chi connectivity index (χ1) is 11.1. The molecule has 3 aromatic rings. The van der Waals surface area contributed by atoms with Crippen molar-refractivity contribution in [3.8, 4) is 0 Å². The first-order valence-corrected chi connectivity index (χ1v) is 8.14. The maximum absolute atomic E-state index is 11.9. The number of hydrogen-bond acceptors (Lipinski definition) is 3. The lowest BCUT2D eigenvalue weighted by Gasteiger charge is -2.14. The molecule has 4 nitrogen and oxygen atoms in total. The summed E-state index contributed by atoms with van der Waals surface area (Å²) in [5, 5.41) is 15.3. The van der Waals surface area contributed by atoms with Crippen molar-refractivity contribution in [3.63, 3.8) is 0 Å². The van der Waals surface area contributed by atoms with Gasteiger partial charge in [0.25, 0.3) is 5.91 Å². The van der Waals surface area contributed by atoms with Gasteiger partial charge in [0.2, 0.25) is 0 Å². The van der Waals surface area contributed by atoms with E-state index < -0.39 is 6.10 Å². The third kappa shape index (κ3) is 3.63. The lowest BCUT2D eigenvalue weighted by atomic mass is 9.99. The van der Waals surface area contributed by atoms with Crippen molar-refractivity contribution in [3.05, 3.63) is 70.6 Å². The Hall–Kier alpha value is -2.11. The Kier molecular flexibility index (Phi) is 4.79. The molecule has 5 heteroatoms. The number of benzene rings is 2. The molecule has 118 valence electrons. The van der Waals surface area contributed by atoms with E-state index in [2.05, 4.69) is 21.2 Å². The van der Waals surface area contributed by atoms with Crippen LogP contribution in [0.15, 0.2) is 63.7 Å². The molecule has 1 heterocycles. The molecule has 0 fully saturated rings. The highest BCUT2D eigenvalue weighted by Crippen LogP contribution is 2.25. The van der Waals surface area contributed by atoms with Crippen molar-refractivity contribution in [2.45, 2.75) is 12.5 Å². The van der Waals surface area contributed by atoms with Crippen LogP contribution in [0.1, 0.15) is 28.6 Å². The van der Waals surface area contributed by atoms with E-state index >= 15 is 0 Å². The third-order valence-corrected chi connectivity index (χ3v) is 4.11. The zero-order chi connectivity index (χ0) is 16.2. The quantitative estimate of drug-likeness (QED) is 0.708. The molecule has 2 N–H and O–H groups in total. The monoisotopic (exact) mass is 373 g/mol. The standard InChI is InChI=1S/C18H16BrNO3/c19-17-9-8-16(23-17)18(22)20-11-10-15(21)14-7-3-5-12-4-1-2-6-13(12)14/h1-9,15,21H,10-11H2,(H,20,22)/t15-/m0/s1. The number of rotatable bonds is 5. The Balaban J connectivity index is 1.63. The molecule has 0 unspecified atom stereocenters. The Bertz CT molecular complexity index is 823. The minimum atomic E-state index is -0.635. The van der Waals surface area contributed by atoms with Gasteiger partial charge < -0.3 is 14.8 Å². The Morgan fingerprint density at radius 3 is 2.70 bits per heavy atom. The number of fused-ring (bicyclic) bond motifs is 1. The zero-order valence-corrected chi connectivity index (χ0v) is 13.9. The van der Waals surface area contributed by atoms with E-state index in [0.717, 1.165) is 16.3 Å². The number of aliphatic hydroxyl groups excluding tert-OH is 1. The fraction of sp³-hybridized carbons (Fsp3) is 0.167.